The fraction of sp³-hybridized carbons (Fsp3) is 0.529. The summed E-state index contributed by atoms with van der Waals surface area (Å²) < 4.78 is 7.85. The third-order valence-corrected chi connectivity index (χ3v) is 5.02. The van der Waals surface area contributed by atoms with Gasteiger partial charge in [-0.1, -0.05) is 30.3 Å². The quantitative estimate of drug-likeness (QED) is 0.824. The van der Waals surface area contributed by atoms with E-state index in [0.717, 1.165) is 35.3 Å². The fourth-order valence-corrected chi connectivity index (χ4v) is 3.57. The number of thioether (sulfide) groups is 1. The number of ether oxygens (including phenoxy) is 1. The molecule has 0 saturated carbocycles. The van der Waals surface area contributed by atoms with Crippen LogP contribution in [-0.2, 0) is 13.0 Å². The minimum Gasteiger partial charge on any atom is -0.491 e. The first-order valence-corrected chi connectivity index (χ1v) is 9.13. The van der Waals surface area contributed by atoms with E-state index >= 15 is 0 Å². The maximum Gasteiger partial charge on any atom is 0.191 e. The molecule has 5 nitrogen and oxygen atoms in total. The summed E-state index contributed by atoms with van der Waals surface area (Å²) in [6, 6.07) is 7.86. The molecule has 0 amide bonds. The number of aliphatic hydroxyl groups excluding tert-OH is 1. The lowest BCUT2D eigenvalue weighted by Gasteiger charge is -2.12. The van der Waals surface area contributed by atoms with E-state index < -0.39 is 6.10 Å². The van der Waals surface area contributed by atoms with Gasteiger partial charge >= 0.3 is 0 Å². The predicted octanol–water partition coefficient (Wildman–Crippen LogP) is 2.84. The van der Waals surface area contributed by atoms with E-state index in [-0.39, 0.29) is 6.61 Å². The number of aliphatic hydroxyl groups is 1. The Morgan fingerprint density at radius 2 is 2.22 bits per heavy atom. The van der Waals surface area contributed by atoms with Gasteiger partial charge in [0.15, 0.2) is 5.16 Å². The molecule has 0 fully saturated rings. The molecule has 6 heteroatoms. The van der Waals surface area contributed by atoms with E-state index in [9.17, 15) is 5.11 Å². The van der Waals surface area contributed by atoms with Crippen LogP contribution in [0.5, 0.6) is 5.75 Å². The molecular formula is C17H23N3O2S. The third-order valence-electron chi connectivity index (χ3n) is 3.91. The van der Waals surface area contributed by atoms with Gasteiger partial charge < -0.3 is 14.4 Å². The summed E-state index contributed by atoms with van der Waals surface area (Å²) in [5, 5.41) is 19.6. The minimum absolute atomic E-state index is 0.289. The zero-order valence-electron chi connectivity index (χ0n) is 13.4. The molecular weight excluding hydrogens is 310 g/mol. The van der Waals surface area contributed by atoms with Crippen molar-refractivity contribution in [2.45, 2.75) is 50.4 Å². The fourth-order valence-electron chi connectivity index (χ4n) is 2.68. The molecule has 0 radical (unpaired) electrons. The zero-order chi connectivity index (χ0) is 16.1. The van der Waals surface area contributed by atoms with Crippen molar-refractivity contribution in [1.82, 2.24) is 14.8 Å². The van der Waals surface area contributed by atoms with Crippen LogP contribution in [0.1, 0.15) is 30.7 Å². The molecule has 2 aromatic rings. The molecule has 1 atom stereocenters. The number of fused-ring (bicyclic) bond motifs is 1. The second kappa shape index (κ2) is 7.84. The number of hydrogen-bond acceptors (Lipinski definition) is 5. The Labute approximate surface area is 141 Å². The van der Waals surface area contributed by atoms with Crippen molar-refractivity contribution in [3.8, 4) is 5.75 Å². The Balaban J connectivity index is 1.49. The van der Waals surface area contributed by atoms with Gasteiger partial charge in [-0.15, -0.1) is 10.2 Å². The molecule has 1 aromatic heterocycles. The lowest BCUT2D eigenvalue weighted by Crippen LogP contribution is -2.20. The van der Waals surface area contributed by atoms with Gasteiger partial charge in [-0.05, 0) is 37.5 Å². The van der Waals surface area contributed by atoms with Crippen LogP contribution in [0.4, 0.5) is 0 Å². The molecule has 3 rings (SSSR count). The van der Waals surface area contributed by atoms with Crippen molar-refractivity contribution in [2.75, 3.05) is 12.4 Å². The molecule has 0 spiro atoms. The number of benzene rings is 1. The molecule has 0 saturated heterocycles. The molecule has 1 unspecified atom stereocenters. The second-order valence-electron chi connectivity index (χ2n) is 5.95. The molecule has 1 aliphatic rings. The van der Waals surface area contributed by atoms with Gasteiger partial charge in [0, 0.05) is 18.7 Å². The average molecular weight is 333 g/mol. The van der Waals surface area contributed by atoms with Crippen molar-refractivity contribution in [1.29, 1.82) is 0 Å². The Morgan fingerprint density at radius 1 is 1.30 bits per heavy atom. The van der Waals surface area contributed by atoms with Crippen molar-refractivity contribution < 1.29 is 9.84 Å². The number of aryl methyl sites for hydroxylation is 2. The Hall–Kier alpha value is -1.53. The molecule has 2 heterocycles. The van der Waals surface area contributed by atoms with Gasteiger partial charge in [0.2, 0.25) is 0 Å². The van der Waals surface area contributed by atoms with Gasteiger partial charge in [-0.25, -0.2) is 0 Å². The van der Waals surface area contributed by atoms with E-state index in [1.807, 2.05) is 31.2 Å². The van der Waals surface area contributed by atoms with Crippen LogP contribution >= 0.6 is 11.8 Å². The van der Waals surface area contributed by atoms with Crippen LogP contribution in [0, 0.1) is 6.92 Å². The van der Waals surface area contributed by atoms with Crippen molar-refractivity contribution in [2.24, 2.45) is 0 Å². The van der Waals surface area contributed by atoms with Crippen LogP contribution in [-0.4, -0.2) is 38.3 Å². The summed E-state index contributed by atoms with van der Waals surface area (Å²) in [6.45, 7) is 3.30. The Kier molecular flexibility index (Phi) is 5.56. The van der Waals surface area contributed by atoms with E-state index in [1.165, 1.54) is 19.3 Å². The summed E-state index contributed by atoms with van der Waals surface area (Å²) in [5.41, 5.74) is 1.15. The van der Waals surface area contributed by atoms with Gasteiger partial charge in [0.25, 0.3) is 0 Å². The summed E-state index contributed by atoms with van der Waals surface area (Å²) in [6.07, 6.45) is 4.10. The zero-order valence-corrected chi connectivity index (χ0v) is 14.3. The number of rotatable bonds is 6. The van der Waals surface area contributed by atoms with Gasteiger partial charge in [-0.2, -0.15) is 0 Å². The molecule has 23 heavy (non-hydrogen) atoms. The topological polar surface area (TPSA) is 60.2 Å². The summed E-state index contributed by atoms with van der Waals surface area (Å²) in [4.78, 5) is 0. The van der Waals surface area contributed by atoms with Crippen molar-refractivity contribution in [3.05, 3.63) is 35.7 Å². The molecule has 1 N–H and O–H groups in total. The number of nitrogens with zero attached hydrogens (tertiary/aromatic N) is 3. The normalized spacial score (nSPS) is 15.7. The van der Waals surface area contributed by atoms with Crippen molar-refractivity contribution in [3.63, 3.8) is 0 Å². The number of aromatic nitrogens is 3. The average Bonchev–Trinajstić information content (AvgIpc) is 2.77. The standard InChI is InChI=1S/C17H23N3O2S/c1-13-6-5-7-15(10-13)22-11-14(21)12-23-17-19-18-16-8-3-2-4-9-20(16)17/h5-7,10,14,21H,2-4,8-9,11-12H2,1H3. The Bertz CT molecular complexity index is 645. The molecule has 124 valence electrons. The summed E-state index contributed by atoms with van der Waals surface area (Å²) in [7, 11) is 0. The van der Waals surface area contributed by atoms with E-state index in [4.69, 9.17) is 4.74 Å². The SMILES string of the molecule is Cc1cccc(OCC(O)CSc2nnc3n2CCCCC3)c1. The molecule has 1 aromatic carbocycles. The van der Waals surface area contributed by atoms with Gasteiger partial charge in [-0.3, -0.25) is 0 Å². The Morgan fingerprint density at radius 3 is 3.09 bits per heavy atom. The van der Waals surface area contributed by atoms with Crippen LogP contribution in [0.15, 0.2) is 29.4 Å². The van der Waals surface area contributed by atoms with Crippen LogP contribution in [0.25, 0.3) is 0 Å². The second-order valence-corrected chi connectivity index (χ2v) is 6.94. The van der Waals surface area contributed by atoms with E-state index in [0.29, 0.717) is 5.75 Å². The summed E-state index contributed by atoms with van der Waals surface area (Å²) >= 11 is 1.56. The van der Waals surface area contributed by atoms with Crippen LogP contribution < -0.4 is 4.74 Å². The monoisotopic (exact) mass is 333 g/mol. The van der Waals surface area contributed by atoms with E-state index in [2.05, 4.69) is 14.8 Å². The molecule has 0 bridgehead atoms. The van der Waals surface area contributed by atoms with Gasteiger partial charge in [0.05, 0.1) is 6.10 Å². The highest BCUT2D eigenvalue weighted by Gasteiger charge is 2.16. The minimum atomic E-state index is -0.528. The smallest absolute Gasteiger partial charge is 0.191 e. The van der Waals surface area contributed by atoms with E-state index in [1.54, 1.807) is 11.8 Å². The maximum atomic E-state index is 10.1. The first-order chi connectivity index (χ1) is 11.2. The lowest BCUT2D eigenvalue weighted by molar-refractivity contribution is 0.126. The first-order valence-electron chi connectivity index (χ1n) is 8.15. The maximum absolute atomic E-state index is 10.1. The highest BCUT2D eigenvalue weighted by Crippen LogP contribution is 2.22. The van der Waals surface area contributed by atoms with Crippen molar-refractivity contribution >= 4 is 11.8 Å². The highest BCUT2D eigenvalue weighted by molar-refractivity contribution is 7.99. The number of hydrogen-bond donors (Lipinski definition) is 1. The highest BCUT2D eigenvalue weighted by atomic mass is 32.2. The third kappa shape index (κ3) is 4.48. The molecule has 1 aliphatic heterocycles. The first kappa shape index (κ1) is 16.3. The molecule has 0 aliphatic carbocycles. The predicted molar refractivity (Wildman–Crippen MR) is 91.0 cm³/mol. The lowest BCUT2D eigenvalue weighted by atomic mass is 10.2. The summed E-state index contributed by atoms with van der Waals surface area (Å²) in [5.74, 6) is 2.44. The largest absolute Gasteiger partial charge is 0.491 e. The van der Waals surface area contributed by atoms with Gasteiger partial charge in [0.1, 0.15) is 18.2 Å². The van der Waals surface area contributed by atoms with Crippen LogP contribution in [0.3, 0.4) is 0 Å². The van der Waals surface area contributed by atoms with Crippen LogP contribution in [0.2, 0.25) is 0 Å².